The number of hydrogen-bond donors (Lipinski definition) is 0. The van der Waals surface area contributed by atoms with Gasteiger partial charge < -0.3 is 4.42 Å². The number of benzene rings is 6. The van der Waals surface area contributed by atoms with Crippen molar-refractivity contribution >= 4 is 51.9 Å². The lowest BCUT2D eigenvalue weighted by Crippen LogP contribution is -2.55. The van der Waals surface area contributed by atoms with Gasteiger partial charge in [0.25, 0.3) is 0 Å². The van der Waals surface area contributed by atoms with Crippen LogP contribution in [0.15, 0.2) is 151 Å². The first-order chi connectivity index (χ1) is 33.5. The summed E-state index contributed by atoms with van der Waals surface area (Å²) in [7, 11) is -1.76. The van der Waals surface area contributed by atoms with Crippen LogP contribution in [0.2, 0.25) is 19.6 Å². The third kappa shape index (κ3) is 7.20. The number of aromatic nitrogens is 3. The number of hydrogen-bond acceptors (Lipinski definition) is 1. The first kappa shape index (κ1) is 43.9. The van der Waals surface area contributed by atoms with E-state index in [-0.39, 0.29) is 23.8 Å². The SMILES string of the molecule is C=C1CC2C(CCc3ccc4c(oc5ccccc54)c3-c3n(-c4c(C(C)C)cc(-c5ccccc5)cc4C(C)C)c4ccccc4[n+]31)c1ccccc1-c1cc(C3CCCCC3)c([Si](C)(C)C)c[n+]12. The maximum atomic E-state index is 7.19. The molecule has 0 amide bonds. The summed E-state index contributed by atoms with van der Waals surface area (Å²) in [5.41, 5.74) is 20.2. The van der Waals surface area contributed by atoms with E-state index in [0.717, 1.165) is 52.7 Å². The minimum absolute atomic E-state index is 0.180. The lowest BCUT2D eigenvalue weighted by molar-refractivity contribution is -0.719. The minimum Gasteiger partial charge on any atom is -0.455 e. The van der Waals surface area contributed by atoms with E-state index < -0.39 is 8.07 Å². The largest absolute Gasteiger partial charge is 0.455 e. The van der Waals surface area contributed by atoms with Crippen molar-refractivity contribution in [3.8, 4) is 39.5 Å². The maximum Gasteiger partial charge on any atom is 0.304 e. The topological polar surface area (TPSA) is 25.8 Å². The second-order valence-corrected chi connectivity index (χ2v) is 27.4. The third-order valence-electron chi connectivity index (χ3n) is 16.3. The number of para-hydroxylation sites is 3. The first-order valence-electron chi connectivity index (χ1n) is 26.1. The minimum atomic E-state index is -1.76. The molecule has 0 N–H and O–H groups in total. The molecule has 9 aromatic rings. The summed E-state index contributed by atoms with van der Waals surface area (Å²) < 4.78 is 15.2. The van der Waals surface area contributed by atoms with Gasteiger partial charge in [-0.3, -0.25) is 0 Å². The van der Waals surface area contributed by atoms with Crippen LogP contribution in [-0.2, 0) is 6.42 Å². The molecule has 5 heteroatoms. The Morgan fingerprint density at radius 2 is 1.38 bits per heavy atom. The zero-order valence-electron chi connectivity index (χ0n) is 41.8. The number of imidazole rings is 1. The van der Waals surface area contributed by atoms with E-state index in [1.54, 1.807) is 10.8 Å². The van der Waals surface area contributed by atoms with Crippen molar-refractivity contribution in [3.05, 3.63) is 174 Å². The molecule has 0 spiro atoms. The number of fused-ring (bicyclic) bond motifs is 15. The second kappa shape index (κ2) is 17.0. The highest BCUT2D eigenvalue weighted by molar-refractivity contribution is 6.89. The van der Waals surface area contributed by atoms with Gasteiger partial charge in [-0.2, -0.15) is 13.7 Å². The van der Waals surface area contributed by atoms with Crippen LogP contribution in [0.25, 0.3) is 78.1 Å². The quantitative estimate of drug-likeness (QED) is 0.121. The molecule has 4 nitrogen and oxygen atoms in total. The summed E-state index contributed by atoms with van der Waals surface area (Å²) >= 11 is 0. The first-order valence-corrected chi connectivity index (χ1v) is 29.6. The average Bonchev–Trinajstić information content (AvgIpc) is 3.91. The molecule has 1 aliphatic carbocycles. The zero-order chi connectivity index (χ0) is 47.3. The van der Waals surface area contributed by atoms with Crippen molar-refractivity contribution < 1.29 is 13.6 Å². The molecule has 1 fully saturated rings. The molecular weight excluding hydrogens is 855 g/mol. The van der Waals surface area contributed by atoms with E-state index >= 15 is 0 Å². The normalized spacial score (nSPS) is 17.6. The smallest absolute Gasteiger partial charge is 0.304 e. The van der Waals surface area contributed by atoms with Gasteiger partial charge in [0.2, 0.25) is 5.69 Å². The summed E-state index contributed by atoms with van der Waals surface area (Å²) in [4.78, 5) is 0. The van der Waals surface area contributed by atoms with Crippen LogP contribution < -0.4 is 14.3 Å². The van der Waals surface area contributed by atoms with Crippen molar-refractivity contribution in [2.75, 3.05) is 0 Å². The Labute approximate surface area is 410 Å². The molecule has 0 saturated heterocycles. The second-order valence-electron chi connectivity index (χ2n) is 22.3. The highest BCUT2D eigenvalue weighted by atomic mass is 28.3. The van der Waals surface area contributed by atoms with Crippen molar-refractivity contribution in [1.82, 2.24) is 4.57 Å². The van der Waals surface area contributed by atoms with Crippen LogP contribution in [0.5, 0.6) is 0 Å². The van der Waals surface area contributed by atoms with E-state index in [2.05, 4.69) is 201 Å². The Morgan fingerprint density at radius 1 is 0.681 bits per heavy atom. The summed E-state index contributed by atoms with van der Waals surface area (Å²) in [5.74, 6) is 2.56. The van der Waals surface area contributed by atoms with Gasteiger partial charge in [0.15, 0.2) is 28.9 Å². The van der Waals surface area contributed by atoms with Crippen LogP contribution in [-0.4, -0.2) is 12.6 Å². The summed E-state index contributed by atoms with van der Waals surface area (Å²) in [6, 6.07) is 50.6. The van der Waals surface area contributed by atoms with E-state index in [0.29, 0.717) is 5.92 Å². The van der Waals surface area contributed by atoms with Crippen LogP contribution in [0.1, 0.15) is 130 Å². The van der Waals surface area contributed by atoms with Crippen LogP contribution in [0.3, 0.4) is 0 Å². The van der Waals surface area contributed by atoms with Gasteiger partial charge in [0.1, 0.15) is 22.5 Å². The van der Waals surface area contributed by atoms with Gasteiger partial charge in [0, 0.05) is 44.6 Å². The number of allylic oxidation sites excluding steroid dienone is 1. The van der Waals surface area contributed by atoms with Gasteiger partial charge in [0.05, 0.1) is 14.5 Å². The van der Waals surface area contributed by atoms with Gasteiger partial charge >= 0.3 is 5.82 Å². The fraction of sp³-hybridized carbons (Fsp3) is 0.312. The third-order valence-corrected chi connectivity index (χ3v) is 18.4. The van der Waals surface area contributed by atoms with E-state index in [1.807, 2.05) is 0 Å². The lowest BCUT2D eigenvalue weighted by Gasteiger charge is -2.34. The number of nitrogens with zero attached hydrogens (tertiary/aromatic N) is 3. The van der Waals surface area contributed by atoms with E-state index in [4.69, 9.17) is 11.0 Å². The molecule has 1 saturated carbocycles. The fourth-order valence-corrected chi connectivity index (χ4v) is 14.6. The number of pyridine rings is 1. The average molecular weight is 922 g/mol. The lowest BCUT2D eigenvalue weighted by atomic mass is 9.76. The van der Waals surface area contributed by atoms with Gasteiger partial charge in [-0.15, -0.1) is 0 Å². The number of rotatable bonds is 6. The Kier molecular flexibility index (Phi) is 10.8. The highest BCUT2D eigenvalue weighted by Gasteiger charge is 2.46. The predicted octanol–water partition coefficient (Wildman–Crippen LogP) is 16.1. The van der Waals surface area contributed by atoms with Crippen molar-refractivity contribution in [1.29, 1.82) is 0 Å². The van der Waals surface area contributed by atoms with E-state index in [9.17, 15) is 0 Å². The Hall–Kier alpha value is -6.30. The maximum absolute atomic E-state index is 7.19. The number of furan rings is 1. The Bertz CT molecular complexity index is 3450. The Morgan fingerprint density at radius 3 is 2.13 bits per heavy atom. The summed E-state index contributed by atoms with van der Waals surface area (Å²) in [5, 5.41) is 3.95. The molecule has 346 valence electrons. The number of aryl methyl sites for hydroxylation is 1. The van der Waals surface area contributed by atoms with Gasteiger partial charge in [-0.1, -0.05) is 164 Å². The monoisotopic (exact) mass is 922 g/mol. The van der Waals surface area contributed by atoms with Crippen molar-refractivity contribution in [2.45, 2.75) is 128 Å². The molecule has 2 aliphatic heterocycles. The van der Waals surface area contributed by atoms with Crippen LogP contribution in [0.4, 0.5) is 0 Å². The molecule has 0 radical (unpaired) electrons. The van der Waals surface area contributed by atoms with Crippen LogP contribution >= 0.6 is 0 Å². The summed E-state index contributed by atoms with van der Waals surface area (Å²) in [6.45, 7) is 22.4. The molecular formula is C64H67N3OSi+2. The van der Waals surface area contributed by atoms with Crippen molar-refractivity contribution in [3.63, 3.8) is 0 Å². The van der Waals surface area contributed by atoms with Gasteiger partial charge in [-0.05, 0) is 108 Å². The molecule has 69 heavy (non-hydrogen) atoms. The highest BCUT2D eigenvalue weighted by Crippen LogP contribution is 2.49. The molecule has 6 aromatic carbocycles. The molecule has 3 aromatic heterocycles. The van der Waals surface area contributed by atoms with Gasteiger partial charge in [-0.25, -0.2) is 0 Å². The van der Waals surface area contributed by atoms with Crippen LogP contribution in [0, 0.1) is 0 Å². The molecule has 0 bridgehead atoms. The Balaban J connectivity index is 1.17. The molecule has 5 heterocycles. The van der Waals surface area contributed by atoms with Crippen molar-refractivity contribution in [2.24, 2.45) is 0 Å². The fourth-order valence-electron chi connectivity index (χ4n) is 13.0. The van der Waals surface area contributed by atoms with E-state index in [1.165, 1.54) is 99.0 Å². The zero-order valence-corrected chi connectivity index (χ0v) is 42.8. The molecule has 3 aliphatic rings. The molecule has 2 unspecified atom stereocenters. The molecule has 2 atom stereocenters. The molecule has 12 rings (SSSR count). The standard InChI is InChI=1S/C64H67N3OSi/c1-40(2)52-36-46(43-21-11-9-12-22-43)37-53(41(3)4)62(52)67-56-29-19-18-28-55(56)66-42(5)35-57-49(33-31-45-32-34-51-50-27-17-20-30-59(50)68-63(51)61(45)64(66)67)47-25-15-16-26-48(47)58-38-54(44-23-13-10-14-24-44)60(39-65(57)58)69(6,7)8/h9,11-12,15-22,25-30,32,34,36-41,44,49,57H,5,10,13-14,23-24,31,33,35H2,1-4,6-8H3/q+2. The predicted molar refractivity (Wildman–Crippen MR) is 291 cm³/mol. The summed E-state index contributed by atoms with van der Waals surface area (Å²) in [6.07, 6.45) is 12.1.